The van der Waals surface area contributed by atoms with Crippen molar-refractivity contribution >= 4 is 11.9 Å². The molecular formula is C21H25NO4. The molecule has 0 radical (unpaired) electrons. The monoisotopic (exact) mass is 355 g/mol. The van der Waals surface area contributed by atoms with Crippen LogP contribution in [0.5, 0.6) is 5.75 Å². The fraction of sp³-hybridized carbons (Fsp3) is 0.333. The van der Waals surface area contributed by atoms with Gasteiger partial charge in [0.25, 0.3) is 0 Å². The summed E-state index contributed by atoms with van der Waals surface area (Å²) in [6.45, 7) is 4.68. The zero-order valence-corrected chi connectivity index (χ0v) is 15.2. The Morgan fingerprint density at radius 3 is 2.65 bits per heavy atom. The first-order valence-corrected chi connectivity index (χ1v) is 8.68. The highest BCUT2D eigenvalue weighted by molar-refractivity contribution is 5.78. The first kappa shape index (κ1) is 19.5. The van der Waals surface area contributed by atoms with Crippen LogP contribution in [0.1, 0.15) is 30.0 Å². The Kier molecular flexibility index (Phi) is 7.21. The predicted octanol–water partition coefficient (Wildman–Crippen LogP) is 3.34. The first-order valence-electron chi connectivity index (χ1n) is 8.68. The van der Waals surface area contributed by atoms with E-state index >= 15 is 0 Å². The molecule has 2 aromatic carbocycles. The van der Waals surface area contributed by atoms with Gasteiger partial charge in [-0.25, -0.2) is 0 Å². The third-order valence-electron chi connectivity index (χ3n) is 4.09. The largest absolute Gasteiger partial charge is 0.489 e. The molecule has 5 heteroatoms. The fourth-order valence-electron chi connectivity index (χ4n) is 2.58. The van der Waals surface area contributed by atoms with Gasteiger partial charge in [-0.05, 0) is 41.7 Å². The Bertz CT molecular complexity index is 757. The minimum absolute atomic E-state index is 0.0442. The molecule has 5 nitrogen and oxygen atoms in total. The Morgan fingerprint density at radius 1 is 1.15 bits per heavy atom. The SMILES string of the molecule is Cc1ccccc1COc1cccc(CC(=O)NCC(C)CC(=O)O)c1. The van der Waals surface area contributed by atoms with E-state index in [1.807, 2.05) is 55.5 Å². The molecule has 0 heterocycles. The molecule has 138 valence electrons. The maximum atomic E-state index is 12.0. The second-order valence-corrected chi connectivity index (χ2v) is 6.55. The van der Waals surface area contributed by atoms with Gasteiger partial charge in [-0.15, -0.1) is 0 Å². The van der Waals surface area contributed by atoms with Crippen molar-refractivity contribution in [2.45, 2.75) is 33.3 Å². The average Bonchev–Trinajstić information content (AvgIpc) is 2.59. The summed E-state index contributed by atoms with van der Waals surface area (Å²) in [4.78, 5) is 22.7. The third kappa shape index (κ3) is 6.59. The molecule has 0 fully saturated rings. The molecule has 0 bridgehead atoms. The van der Waals surface area contributed by atoms with Crippen LogP contribution in [-0.4, -0.2) is 23.5 Å². The highest BCUT2D eigenvalue weighted by Gasteiger charge is 2.10. The molecule has 0 saturated carbocycles. The topological polar surface area (TPSA) is 75.6 Å². The highest BCUT2D eigenvalue weighted by Crippen LogP contribution is 2.17. The normalized spacial score (nSPS) is 11.6. The van der Waals surface area contributed by atoms with Crippen molar-refractivity contribution in [1.82, 2.24) is 5.32 Å². The van der Waals surface area contributed by atoms with Crippen molar-refractivity contribution in [3.63, 3.8) is 0 Å². The molecule has 0 spiro atoms. The number of carbonyl (C=O) groups excluding carboxylic acids is 1. The number of amides is 1. The molecule has 2 N–H and O–H groups in total. The smallest absolute Gasteiger partial charge is 0.303 e. The van der Waals surface area contributed by atoms with E-state index in [4.69, 9.17) is 9.84 Å². The lowest BCUT2D eigenvalue weighted by Gasteiger charge is -2.12. The summed E-state index contributed by atoms with van der Waals surface area (Å²) >= 11 is 0. The fourth-order valence-corrected chi connectivity index (χ4v) is 2.58. The van der Waals surface area contributed by atoms with Gasteiger partial charge in [0.15, 0.2) is 0 Å². The van der Waals surface area contributed by atoms with E-state index in [9.17, 15) is 9.59 Å². The number of nitrogens with one attached hydrogen (secondary N) is 1. The van der Waals surface area contributed by atoms with Gasteiger partial charge in [0.2, 0.25) is 5.91 Å². The highest BCUT2D eigenvalue weighted by atomic mass is 16.5. The summed E-state index contributed by atoms with van der Waals surface area (Å²) in [7, 11) is 0. The number of rotatable bonds is 9. The predicted molar refractivity (Wildman–Crippen MR) is 100 cm³/mol. The summed E-state index contributed by atoms with van der Waals surface area (Å²) in [5, 5.41) is 11.5. The summed E-state index contributed by atoms with van der Waals surface area (Å²) in [5.41, 5.74) is 3.16. The van der Waals surface area contributed by atoms with Crippen LogP contribution in [0.4, 0.5) is 0 Å². The molecular weight excluding hydrogens is 330 g/mol. The van der Waals surface area contributed by atoms with E-state index in [1.165, 1.54) is 5.56 Å². The summed E-state index contributed by atoms with van der Waals surface area (Å²) in [5.74, 6) is -0.360. The summed E-state index contributed by atoms with van der Waals surface area (Å²) in [6.07, 6.45) is 0.282. The molecule has 2 rings (SSSR count). The van der Waals surface area contributed by atoms with Crippen LogP contribution in [-0.2, 0) is 22.6 Å². The molecule has 0 aromatic heterocycles. The van der Waals surface area contributed by atoms with Crippen LogP contribution in [0.3, 0.4) is 0 Å². The molecule has 0 aliphatic heterocycles. The number of carboxylic acids is 1. The number of ether oxygens (including phenoxy) is 1. The number of aryl methyl sites for hydroxylation is 1. The van der Waals surface area contributed by atoms with Crippen molar-refractivity contribution < 1.29 is 19.4 Å². The van der Waals surface area contributed by atoms with Gasteiger partial charge in [-0.3, -0.25) is 9.59 Å². The van der Waals surface area contributed by atoms with Crippen molar-refractivity contribution in [1.29, 1.82) is 0 Å². The lowest BCUT2D eigenvalue weighted by Crippen LogP contribution is -2.30. The lowest BCUT2D eigenvalue weighted by molar-refractivity contribution is -0.138. The Balaban J connectivity index is 1.85. The lowest BCUT2D eigenvalue weighted by atomic mass is 10.1. The number of benzene rings is 2. The van der Waals surface area contributed by atoms with E-state index in [-0.39, 0.29) is 24.7 Å². The number of carbonyl (C=O) groups is 2. The van der Waals surface area contributed by atoms with Crippen LogP contribution in [0.2, 0.25) is 0 Å². The van der Waals surface area contributed by atoms with Gasteiger partial charge in [0.1, 0.15) is 12.4 Å². The van der Waals surface area contributed by atoms with Gasteiger partial charge in [0.05, 0.1) is 6.42 Å². The standard InChI is InChI=1S/C21H25NO4/c1-15(10-21(24)25)13-22-20(23)12-17-7-5-9-19(11-17)26-14-18-8-4-3-6-16(18)2/h3-9,11,15H,10,12-14H2,1-2H3,(H,22,23)(H,24,25). The van der Waals surface area contributed by atoms with Crippen molar-refractivity contribution in [2.24, 2.45) is 5.92 Å². The Hall–Kier alpha value is -2.82. The van der Waals surface area contributed by atoms with Crippen LogP contribution in [0, 0.1) is 12.8 Å². The second-order valence-electron chi connectivity index (χ2n) is 6.55. The van der Waals surface area contributed by atoms with E-state index in [1.54, 1.807) is 6.92 Å². The minimum Gasteiger partial charge on any atom is -0.489 e. The van der Waals surface area contributed by atoms with Gasteiger partial charge in [-0.1, -0.05) is 43.3 Å². The molecule has 0 saturated heterocycles. The maximum absolute atomic E-state index is 12.0. The van der Waals surface area contributed by atoms with Crippen molar-refractivity contribution in [3.8, 4) is 5.75 Å². The molecule has 2 aromatic rings. The summed E-state index contributed by atoms with van der Waals surface area (Å²) < 4.78 is 5.84. The Labute approximate surface area is 154 Å². The summed E-state index contributed by atoms with van der Waals surface area (Å²) in [6, 6.07) is 15.5. The molecule has 0 aliphatic rings. The van der Waals surface area contributed by atoms with E-state index in [0.29, 0.717) is 13.2 Å². The average molecular weight is 355 g/mol. The second kappa shape index (κ2) is 9.61. The molecule has 0 aliphatic carbocycles. The first-order chi connectivity index (χ1) is 12.4. The maximum Gasteiger partial charge on any atom is 0.303 e. The number of hydrogen-bond donors (Lipinski definition) is 2. The van der Waals surface area contributed by atoms with E-state index < -0.39 is 5.97 Å². The van der Waals surface area contributed by atoms with Crippen molar-refractivity contribution in [3.05, 3.63) is 65.2 Å². The van der Waals surface area contributed by atoms with Crippen molar-refractivity contribution in [2.75, 3.05) is 6.54 Å². The zero-order valence-electron chi connectivity index (χ0n) is 15.2. The van der Waals surface area contributed by atoms with Crippen LogP contribution < -0.4 is 10.1 Å². The van der Waals surface area contributed by atoms with E-state index in [0.717, 1.165) is 16.9 Å². The Morgan fingerprint density at radius 2 is 1.92 bits per heavy atom. The molecule has 1 atom stereocenters. The van der Waals surface area contributed by atoms with E-state index in [2.05, 4.69) is 5.32 Å². The van der Waals surface area contributed by atoms with Crippen LogP contribution >= 0.6 is 0 Å². The van der Waals surface area contributed by atoms with Crippen LogP contribution in [0.15, 0.2) is 48.5 Å². The number of aliphatic carboxylic acids is 1. The quantitative estimate of drug-likeness (QED) is 0.723. The molecule has 1 amide bonds. The number of hydrogen-bond acceptors (Lipinski definition) is 3. The van der Waals surface area contributed by atoms with Crippen LogP contribution in [0.25, 0.3) is 0 Å². The zero-order chi connectivity index (χ0) is 18.9. The minimum atomic E-state index is -0.856. The van der Waals surface area contributed by atoms with Gasteiger partial charge >= 0.3 is 5.97 Å². The third-order valence-corrected chi connectivity index (χ3v) is 4.09. The number of carboxylic acid groups (broad SMARTS) is 1. The van der Waals surface area contributed by atoms with Gasteiger partial charge in [-0.2, -0.15) is 0 Å². The molecule has 26 heavy (non-hydrogen) atoms. The molecule has 1 unspecified atom stereocenters. The van der Waals surface area contributed by atoms with Gasteiger partial charge < -0.3 is 15.2 Å². The van der Waals surface area contributed by atoms with Gasteiger partial charge in [0, 0.05) is 13.0 Å².